The van der Waals surface area contributed by atoms with Gasteiger partial charge >= 0.3 is 0 Å². The van der Waals surface area contributed by atoms with E-state index in [4.69, 9.17) is 0 Å². The van der Waals surface area contributed by atoms with Gasteiger partial charge in [0.05, 0.1) is 0 Å². The molecule has 0 aliphatic carbocycles. The van der Waals surface area contributed by atoms with Gasteiger partial charge in [0.25, 0.3) is 5.91 Å². The predicted octanol–water partition coefficient (Wildman–Crippen LogP) is 10.3. The van der Waals surface area contributed by atoms with Crippen LogP contribution in [0.1, 0.15) is 180 Å². The van der Waals surface area contributed by atoms with E-state index in [1.54, 1.807) is 4.90 Å². The van der Waals surface area contributed by atoms with Crippen LogP contribution in [-0.2, 0) is 20.9 Å². The Hall–Kier alpha value is -2.11. The Kier molecular flexibility index (Phi) is 24.3. The molecule has 1 aliphatic rings. The third-order valence-electron chi connectivity index (χ3n) is 9.89. The van der Waals surface area contributed by atoms with Gasteiger partial charge in [0.15, 0.2) is 0 Å². The number of Topliss-reactive ketones (excluding diaryl/α,β-unsaturated/α-hetero) is 1. The van der Waals surface area contributed by atoms with E-state index in [-0.39, 0.29) is 17.6 Å². The lowest BCUT2D eigenvalue weighted by Gasteiger charge is -2.34. The molecule has 2 amide bonds. The fourth-order valence-electron chi connectivity index (χ4n) is 6.76. The number of hydrogen-bond donors (Lipinski definition) is 0. The maximum atomic E-state index is 12.7. The van der Waals surface area contributed by atoms with Gasteiger partial charge in [-0.05, 0) is 31.4 Å². The lowest BCUT2D eigenvalue weighted by molar-refractivity contribution is -0.147. The SMILES string of the molecule is CCCCCCCCCCCCCCC(=O)C(=O)N1CCN(C(=O)CCCCCCCCCCCCCCCn2cccc2)CC1. The van der Waals surface area contributed by atoms with Crippen molar-refractivity contribution in [2.24, 2.45) is 0 Å². The second kappa shape index (κ2) is 28.0. The van der Waals surface area contributed by atoms with Crippen molar-refractivity contribution < 1.29 is 14.4 Å². The van der Waals surface area contributed by atoms with Crippen molar-refractivity contribution >= 4 is 17.6 Å². The standard InChI is InChI=1S/C40H71N3O3/c1-2-3-4-5-6-7-8-12-15-18-21-24-29-38(44)40(46)43-36-34-42(35-37-43)39(45)30-25-22-19-16-13-10-9-11-14-17-20-23-26-31-41-32-27-28-33-41/h27-28,32-33H,2-26,29-31,34-37H2,1H3. The fourth-order valence-corrected chi connectivity index (χ4v) is 6.76. The normalized spacial score (nSPS) is 13.4. The lowest BCUT2D eigenvalue weighted by atomic mass is 10.0. The van der Waals surface area contributed by atoms with Crippen LogP contribution in [0.15, 0.2) is 24.5 Å². The van der Waals surface area contributed by atoms with Gasteiger partial charge in [0.1, 0.15) is 0 Å². The van der Waals surface area contributed by atoms with Gasteiger partial charge < -0.3 is 14.4 Å². The topological polar surface area (TPSA) is 62.6 Å². The average Bonchev–Trinajstić information content (AvgIpc) is 3.60. The summed E-state index contributed by atoms with van der Waals surface area (Å²) in [5.74, 6) is -0.379. The molecule has 0 bridgehead atoms. The average molecular weight is 642 g/mol. The number of carbonyl (C=O) groups excluding carboxylic acids is 3. The van der Waals surface area contributed by atoms with Crippen LogP contribution >= 0.6 is 0 Å². The summed E-state index contributed by atoms with van der Waals surface area (Å²) >= 11 is 0. The Morgan fingerprint density at radius 2 is 0.826 bits per heavy atom. The zero-order valence-corrected chi connectivity index (χ0v) is 30.0. The van der Waals surface area contributed by atoms with E-state index < -0.39 is 0 Å². The van der Waals surface area contributed by atoms with Gasteiger partial charge in [0.2, 0.25) is 11.7 Å². The summed E-state index contributed by atoms with van der Waals surface area (Å²) in [7, 11) is 0. The van der Waals surface area contributed by atoms with Crippen LogP contribution in [-0.4, -0.2) is 58.1 Å². The molecule has 0 unspecified atom stereocenters. The van der Waals surface area contributed by atoms with Crippen molar-refractivity contribution in [2.45, 2.75) is 187 Å². The van der Waals surface area contributed by atoms with Gasteiger partial charge in [-0.25, -0.2) is 0 Å². The summed E-state index contributed by atoms with van der Waals surface area (Å²) in [4.78, 5) is 41.3. The summed E-state index contributed by atoms with van der Waals surface area (Å²) in [6.07, 6.45) is 37.1. The van der Waals surface area contributed by atoms with E-state index >= 15 is 0 Å². The van der Waals surface area contributed by atoms with Crippen molar-refractivity contribution in [3.8, 4) is 0 Å². The van der Waals surface area contributed by atoms with Crippen LogP contribution in [0.4, 0.5) is 0 Å². The highest BCUT2D eigenvalue weighted by Crippen LogP contribution is 2.16. The summed E-state index contributed by atoms with van der Waals surface area (Å²) in [6.45, 7) is 5.51. The Morgan fingerprint density at radius 3 is 1.28 bits per heavy atom. The molecule has 1 aromatic heterocycles. The molecule has 0 saturated carbocycles. The van der Waals surface area contributed by atoms with Gasteiger partial charge in [-0.3, -0.25) is 14.4 Å². The van der Waals surface area contributed by atoms with Crippen molar-refractivity contribution in [3.05, 3.63) is 24.5 Å². The highest BCUT2D eigenvalue weighted by atomic mass is 16.2. The van der Waals surface area contributed by atoms with Crippen LogP contribution in [0.3, 0.4) is 0 Å². The first kappa shape index (κ1) is 40.1. The van der Waals surface area contributed by atoms with Crippen molar-refractivity contribution in [2.75, 3.05) is 26.2 Å². The van der Waals surface area contributed by atoms with E-state index in [0.29, 0.717) is 39.0 Å². The van der Waals surface area contributed by atoms with E-state index in [1.165, 1.54) is 128 Å². The second-order valence-electron chi connectivity index (χ2n) is 14.0. The Balaban J connectivity index is 1.34. The highest BCUT2D eigenvalue weighted by molar-refractivity contribution is 6.36. The van der Waals surface area contributed by atoms with Crippen LogP contribution in [0.5, 0.6) is 0 Å². The number of amides is 2. The molecule has 46 heavy (non-hydrogen) atoms. The molecule has 0 aromatic carbocycles. The lowest BCUT2D eigenvalue weighted by Crippen LogP contribution is -2.52. The quantitative estimate of drug-likeness (QED) is 0.0620. The molecule has 1 aromatic rings. The number of nitrogens with zero attached hydrogens (tertiary/aromatic N) is 3. The summed E-state index contributed by atoms with van der Waals surface area (Å²) in [5, 5.41) is 0. The molecule has 1 saturated heterocycles. The van der Waals surface area contributed by atoms with Crippen LogP contribution in [0, 0.1) is 0 Å². The fraction of sp³-hybridized carbons (Fsp3) is 0.825. The van der Waals surface area contributed by atoms with Gasteiger partial charge in [-0.1, -0.05) is 148 Å². The molecule has 0 radical (unpaired) electrons. The molecule has 1 fully saturated rings. The zero-order chi connectivity index (χ0) is 32.9. The molecule has 0 atom stereocenters. The van der Waals surface area contributed by atoms with Crippen molar-refractivity contribution in [1.29, 1.82) is 0 Å². The Morgan fingerprint density at radius 1 is 0.457 bits per heavy atom. The monoisotopic (exact) mass is 642 g/mol. The highest BCUT2D eigenvalue weighted by Gasteiger charge is 2.27. The molecule has 2 heterocycles. The third-order valence-corrected chi connectivity index (χ3v) is 9.89. The number of rotatable bonds is 30. The molecular formula is C40H71N3O3. The Labute approximate surface area is 283 Å². The van der Waals surface area contributed by atoms with Gasteiger partial charge in [-0.2, -0.15) is 0 Å². The maximum absolute atomic E-state index is 12.7. The maximum Gasteiger partial charge on any atom is 0.290 e. The number of aryl methyl sites for hydroxylation is 1. The van der Waals surface area contributed by atoms with Crippen molar-refractivity contribution in [1.82, 2.24) is 14.4 Å². The minimum absolute atomic E-state index is 0.208. The first-order valence-electron chi connectivity index (χ1n) is 19.8. The molecule has 6 nitrogen and oxygen atoms in total. The Bertz CT molecular complexity index is 876. The molecule has 2 rings (SSSR count). The van der Waals surface area contributed by atoms with Crippen LogP contribution in [0.25, 0.3) is 0 Å². The number of aromatic nitrogens is 1. The van der Waals surface area contributed by atoms with Crippen LogP contribution in [0.2, 0.25) is 0 Å². The largest absolute Gasteiger partial charge is 0.354 e. The van der Waals surface area contributed by atoms with Gasteiger partial charge in [0, 0.05) is 58.0 Å². The molecule has 264 valence electrons. The first-order valence-corrected chi connectivity index (χ1v) is 19.8. The number of unbranched alkanes of at least 4 members (excludes halogenated alkanes) is 23. The number of piperazine rings is 1. The summed E-state index contributed by atoms with van der Waals surface area (Å²) < 4.78 is 2.27. The predicted molar refractivity (Wildman–Crippen MR) is 193 cm³/mol. The smallest absolute Gasteiger partial charge is 0.290 e. The van der Waals surface area contributed by atoms with E-state index in [0.717, 1.165) is 38.6 Å². The summed E-state index contributed by atoms with van der Waals surface area (Å²) in [6, 6.07) is 4.20. The number of carbonyl (C=O) groups is 3. The van der Waals surface area contributed by atoms with Gasteiger partial charge in [-0.15, -0.1) is 0 Å². The second-order valence-corrected chi connectivity index (χ2v) is 14.0. The van der Waals surface area contributed by atoms with E-state index in [2.05, 4.69) is 36.0 Å². The third kappa shape index (κ3) is 20.2. The zero-order valence-electron chi connectivity index (χ0n) is 30.0. The number of ketones is 1. The molecule has 0 spiro atoms. The molecule has 6 heteroatoms. The van der Waals surface area contributed by atoms with Crippen molar-refractivity contribution in [3.63, 3.8) is 0 Å². The van der Waals surface area contributed by atoms with E-state index in [9.17, 15) is 14.4 Å². The molecule has 0 N–H and O–H groups in total. The summed E-state index contributed by atoms with van der Waals surface area (Å²) in [5.41, 5.74) is 0. The van der Waals surface area contributed by atoms with Crippen LogP contribution < -0.4 is 0 Å². The first-order chi connectivity index (χ1) is 22.6. The minimum Gasteiger partial charge on any atom is -0.354 e. The molecular weight excluding hydrogens is 570 g/mol. The molecule has 1 aliphatic heterocycles. The number of hydrogen-bond acceptors (Lipinski definition) is 3. The minimum atomic E-state index is -0.338. The van der Waals surface area contributed by atoms with E-state index in [1.807, 2.05) is 4.90 Å².